The fraction of sp³-hybridized carbons (Fsp3) is 0.761. The van der Waals surface area contributed by atoms with Gasteiger partial charge in [0.25, 0.3) is 0 Å². The Morgan fingerprint density at radius 1 is 0.885 bits per heavy atom. The lowest BCUT2D eigenvalue weighted by atomic mass is 9.89. The monoisotopic (exact) mass is 876 g/mol. The highest BCUT2D eigenvalue weighted by Crippen LogP contribution is 2.30. The molecule has 61 heavy (non-hydrogen) atoms. The number of rotatable bonds is 25. The third-order valence-electron chi connectivity index (χ3n) is 12.6. The van der Waals surface area contributed by atoms with Gasteiger partial charge in [-0.25, -0.2) is 0 Å². The third-order valence-corrected chi connectivity index (χ3v) is 14.2. The fourth-order valence-electron chi connectivity index (χ4n) is 8.74. The van der Waals surface area contributed by atoms with Gasteiger partial charge in [0.2, 0.25) is 29.5 Å². The predicted octanol–water partition coefficient (Wildman–Crippen LogP) is 5.14. The van der Waals surface area contributed by atoms with E-state index < -0.39 is 62.6 Å². The van der Waals surface area contributed by atoms with Gasteiger partial charge in [0.05, 0.1) is 48.8 Å². The summed E-state index contributed by atoms with van der Waals surface area (Å²) in [5, 5.41) is 16.8. The number of aliphatic hydroxyl groups excluding tert-OH is 1. The van der Waals surface area contributed by atoms with E-state index in [9.17, 15) is 33.9 Å². The van der Waals surface area contributed by atoms with E-state index in [1.54, 1.807) is 44.9 Å². The molecular weight excluding hydrogens is 795 g/mol. The van der Waals surface area contributed by atoms with Gasteiger partial charge in [0.15, 0.2) is 8.32 Å². The molecule has 0 aromatic heterocycles. The zero-order valence-corrected chi connectivity index (χ0v) is 40.8. The van der Waals surface area contributed by atoms with Crippen molar-refractivity contribution in [2.45, 2.75) is 168 Å². The van der Waals surface area contributed by atoms with E-state index in [4.69, 9.17) is 9.47 Å². The molecule has 1 saturated heterocycles. The first kappa shape index (κ1) is 53.8. The molecule has 15 heteroatoms. The molecule has 0 spiro atoms. The minimum Gasteiger partial charge on any atom is -0.432 e. The van der Waals surface area contributed by atoms with Crippen molar-refractivity contribution in [1.82, 2.24) is 25.3 Å². The number of likely N-dealkylation sites (tertiary alicyclic amines) is 1. The number of carbonyl (C=O) groups excluding carboxylic acids is 5. The van der Waals surface area contributed by atoms with Crippen LogP contribution in [0.5, 0.6) is 0 Å². The third kappa shape index (κ3) is 15.4. The van der Waals surface area contributed by atoms with Gasteiger partial charge < -0.3 is 44.7 Å². The summed E-state index contributed by atoms with van der Waals surface area (Å²) < 4.78 is 12.0. The predicted molar refractivity (Wildman–Crippen MR) is 242 cm³/mol. The molecule has 1 aromatic carbocycles. The van der Waals surface area contributed by atoms with E-state index in [0.717, 1.165) is 12.8 Å². The summed E-state index contributed by atoms with van der Waals surface area (Å²) in [6.07, 6.45) is 1.48. The van der Waals surface area contributed by atoms with Crippen LogP contribution in [0.3, 0.4) is 0 Å². The van der Waals surface area contributed by atoms with Crippen LogP contribution < -0.4 is 10.6 Å². The van der Waals surface area contributed by atoms with Crippen LogP contribution in [0.2, 0.25) is 19.1 Å². The molecule has 1 aliphatic heterocycles. The molecule has 1 fully saturated rings. The summed E-state index contributed by atoms with van der Waals surface area (Å²) in [6, 6.07) is 6.68. The molecule has 1 heterocycles. The van der Waals surface area contributed by atoms with Gasteiger partial charge >= 0.3 is 0 Å². The first-order chi connectivity index (χ1) is 28.5. The molecule has 348 valence electrons. The molecule has 4 N–H and O–H groups in total. The summed E-state index contributed by atoms with van der Waals surface area (Å²) in [5.41, 5.74) is 0.697. The first-order valence-corrected chi connectivity index (χ1v) is 25.6. The Kier molecular flexibility index (Phi) is 22.1. The molecule has 0 saturated carbocycles. The van der Waals surface area contributed by atoms with E-state index >= 15 is 0 Å². The number of hydrogen-bond donors (Lipinski definition) is 4. The van der Waals surface area contributed by atoms with Crippen LogP contribution in [0, 0.1) is 23.7 Å². The minimum atomic E-state index is -2.21. The Balaban J connectivity index is 2.25. The molecule has 0 bridgehead atoms. The molecular formula is C46H81N5O9Si. The van der Waals surface area contributed by atoms with Gasteiger partial charge in [0, 0.05) is 41.3 Å². The molecule has 1 aliphatic rings. The second-order valence-corrected chi connectivity index (χ2v) is 22.8. The highest BCUT2D eigenvalue weighted by molar-refractivity contribution is 6.69. The van der Waals surface area contributed by atoms with E-state index in [0.29, 0.717) is 37.4 Å². The normalized spacial score (nSPS) is 19.0. The van der Waals surface area contributed by atoms with Gasteiger partial charge in [-0.2, -0.15) is 0 Å². The quantitative estimate of drug-likeness (QED) is 0.0766. The zero-order chi connectivity index (χ0) is 46.4. The second kappa shape index (κ2) is 25.1. The number of hydrogen-bond acceptors (Lipinski definition) is 9. The van der Waals surface area contributed by atoms with E-state index in [1.807, 2.05) is 85.0 Å². The SMILES string of the molecule is CC[C@H](C)[C@@H]([C@@H](CC(=O)N1CCC[C@H]1[C@@H](OC)[C@@H](C)C(=O)N[C@H](C)[C@@H](O)c1ccccc1)OC)N(C)C(=O)[C@@H](NC(=O)[C@H](C(C)C)N(C)C(=O)CCCC[Si](C)(C)O)C(C)C. The summed E-state index contributed by atoms with van der Waals surface area (Å²) in [7, 11) is 4.19. The number of ether oxygens (including phenoxy) is 2. The highest BCUT2D eigenvalue weighted by Gasteiger charge is 2.43. The smallest absolute Gasteiger partial charge is 0.245 e. The maximum Gasteiger partial charge on any atom is 0.245 e. The van der Waals surface area contributed by atoms with Crippen LogP contribution in [-0.2, 0) is 33.4 Å². The number of methoxy groups -OCH3 is 2. The number of nitrogens with zero attached hydrogens (tertiary/aromatic N) is 3. The lowest BCUT2D eigenvalue weighted by molar-refractivity contribution is -0.148. The first-order valence-electron chi connectivity index (χ1n) is 22.5. The van der Waals surface area contributed by atoms with Crippen LogP contribution in [0.1, 0.15) is 112 Å². The lowest BCUT2D eigenvalue weighted by Gasteiger charge is -2.41. The number of carbonyl (C=O) groups is 5. The van der Waals surface area contributed by atoms with Crippen LogP contribution in [0.25, 0.3) is 0 Å². The van der Waals surface area contributed by atoms with Crippen molar-refractivity contribution < 1.29 is 43.3 Å². The maximum absolute atomic E-state index is 14.5. The fourth-order valence-corrected chi connectivity index (χ4v) is 9.86. The van der Waals surface area contributed by atoms with Crippen molar-refractivity contribution in [3.05, 3.63) is 35.9 Å². The molecule has 1 aromatic rings. The van der Waals surface area contributed by atoms with Gasteiger partial charge in [-0.05, 0) is 68.6 Å². The molecule has 10 atom stereocenters. The van der Waals surface area contributed by atoms with Crippen molar-refractivity contribution >= 4 is 37.9 Å². The summed E-state index contributed by atoms with van der Waals surface area (Å²) in [5.74, 6) is -2.59. The lowest BCUT2D eigenvalue weighted by Crippen LogP contribution is -2.60. The molecule has 5 amide bonds. The van der Waals surface area contributed by atoms with Crippen molar-refractivity contribution in [2.24, 2.45) is 23.7 Å². The summed E-state index contributed by atoms with van der Waals surface area (Å²) in [4.78, 5) is 84.7. The Bertz CT molecular complexity index is 1540. The second-order valence-electron chi connectivity index (χ2n) is 18.7. The number of amides is 5. The Hall–Kier alpha value is -3.37. The van der Waals surface area contributed by atoms with Gasteiger partial charge in [0.1, 0.15) is 12.1 Å². The number of nitrogens with one attached hydrogen (secondary N) is 2. The van der Waals surface area contributed by atoms with E-state index in [2.05, 4.69) is 10.6 Å². The van der Waals surface area contributed by atoms with E-state index in [1.165, 1.54) is 12.0 Å². The average molecular weight is 876 g/mol. The van der Waals surface area contributed by atoms with E-state index in [-0.39, 0.29) is 60.3 Å². The Labute approximate surface area is 368 Å². The summed E-state index contributed by atoms with van der Waals surface area (Å²) in [6.45, 7) is 19.3. The molecule has 0 unspecified atom stereocenters. The van der Waals surface area contributed by atoms with Crippen molar-refractivity contribution in [3.63, 3.8) is 0 Å². The number of unbranched alkanes of at least 4 members (excludes halogenated alkanes) is 1. The number of likely N-dealkylation sites (N-methyl/N-ethyl adjacent to an activating group) is 2. The maximum atomic E-state index is 14.5. The van der Waals surface area contributed by atoms with Gasteiger partial charge in [-0.1, -0.05) is 91.6 Å². The van der Waals surface area contributed by atoms with Crippen molar-refractivity contribution in [1.29, 1.82) is 0 Å². The largest absolute Gasteiger partial charge is 0.432 e. The molecule has 0 aliphatic carbocycles. The van der Waals surface area contributed by atoms with Gasteiger partial charge in [-0.3, -0.25) is 24.0 Å². The Morgan fingerprint density at radius 2 is 1.51 bits per heavy atom. The molecule has 14 nitrogen and oxygen atoms in total. The number of aliphatic hydroxyl groups is 1. The Morgan fingerprint density at radius 3 is 2.03 bits per heavy atom. The number of benzene rings is 1. The van der Waals surface area contributed by atoms with Crippen molar-refractivity contribution in [2.75, 3.05) is 34.9 Å². The van der Waals surface area contributed by atoms with Crippen LogP contribution in [0.15, 0.2) is 30.3 Å². The molecule has 0 radical (unpaired) electrons. The molecule has 2 rings (SSSR count). The standard InChI is InChI=1S/C46H81N5O9Si/c1-15-31(6)41(50(10)46(57)39(29(2)3)48-45(56)40(30(4)5)49(9)37(52)25-19-20-27-61(13,14)58)36(59-11)28-38(53)51-26-21-24-35(51)43(60-12)32(7)44(55)47-33(8)42(54)34-22-17-16-18-23-34/h16-18,22-23,29-33,35-36,39-43,54,58H,15,19-21,24-28H2,1-14H3,(H,47,55)(H,48,56)/t31-,32+,33+,35-,36+,39-,40-,41-,42+,43-/m0/s1. The minimum absolute atomic E-state index is 0.0179. The average Bonchev–Trinajstić information content (AvgIpc) is 3.70. The van der Waals surface area contributed by atoms with Crippen LogP contribution >= 0.6 is 0 Å². The van der Waals surface area contributed by atoms with Gasteiger partial charge in [-0.15, -0.1) is 0 Å². The topological polar surface area (TPSA) is 178 Å². The van der Waals surface area contributed by atoms with Crippen molar-refractivity contribution in [3.8, 4) is 0 Å². The zero-order valence-electron chi connectivity index (χ0n) is 39.8. The van der Waals surface area contributed by atoms with Crippen LogP contribution in [-0.4, -0.2) is 140 Å². The summed E-state index contributed by atoms with van der Waals surface area (Å²) >= 11 is 0. The highest BCUT2D eigenvalue weighted by atomic mass is 28.4. The van der Waals surface area contributed by atoms with Crippen LogP contribution in [0.4, 0.5) is 0 Å².